The molecule has 1 atom stereocenters. The Kier molecular flexibility index (Phi) is 3.93. The van der Waals surface area contributed by atoms with Crippen molar-refractivity contribution in [2.45, 2.75) is 33.2 Å². The summed E-state index contributed by atoms with van der Waals surface area (Å²) in [5.74, 6) is -0.0757. The van der Waals surface area contributed by atoms with Crippen LogP contribution >= 0.6 is 22.9 Å². The van der Waals surface area contributed by atoms with Crippen LogP contribution in [0.3, 0.4) is 0 Å². The van der Waals surface area contributed by atoms with Crippen molar-refractivity contribution in [2.24, 2.45) is 0 Å². The van der Waals surface area contributed by atoms with Crippen molar-refractivity contribution in [3.05, 3.63) is 33.7 Å². The molecule has 1 amide bonds. The number of aryl methyl sites for hydroxylation is 1. The van der Waals surface area contributed by atoms with Crippen molar-refractivity contribution in [3.8, 4) is 0 Å². The fraction of sp³-hybridized carbons (Fsp3) is 0.357. The van der Waals surface area contributed by atoms with E-state index in [1.807, 2.05) is 32.9 Å². The molecule has 0 fully saturated rings. The van der Waals surface area contributed by atoms with Crippen molar-refractivity contribution in [1.82, 2.24) is 5.32 Å². The van der Waals surface area contributed by atoms with Gasteiger partial charge in [0.05, 0.1) is 5.02 Å². The molecule has 1 aromatic carbocycles. The summed E-state index contributed by atoms with van der Waals surface area (Å²) in [5, 5.41) is 4.47. The first kappa shape index (κ1) is 13.4. The van der Waals surface area contributed by atoms with Crippen LogP contribution in [0.4, 0.5) is 0 Å². The molecule has 1 aromatic heterocycles. The third-order valence-electron chi connectivity index (χ3n) is 2.98. The highest BCUT2D eigenvalue weighted by atomic mass is 35.5. The Balaban J connectivity index is 2.39. The summed E-state index contributed by atoms with van der Waals surface area (Å²) >= 11 is 7.74. The minimum Gasteiger partial charge on any atom is -0.349 e. The van der Waals surface area contributed by atoms with E-state index < -0.39 is 0 Å². The molecule has 0 radical (unpaired) electrons. The third-order valence-corrected chi connectivity index (χ3v) is 4.64. The average Bonchev–Trinajstić information content (AvgIpc) is 2.66. The minimum atomic E-state index is -0.0757. The summed E-state index contributed by atoms with van der Waals surface area (Å²) < 4.78 is 1.06. The number of fused-ring (bicyclic) bond motifs is 1. The second-order valence-corrected chi connectivity index (χ2v) is 5.96. The van der Waals surface area contributed by atoms with Crippen molar-refractivity contribution in [3.63, 3.8) is 0 Å². The monoisotopic (exact) mass is 281 g/mol. The van der Waals surface area contributed by atoms with E-state index in [1.54, 1.807) is 0 Å². The molecule has 0 saturated carbocycles. The van der Waals surface area contributed by atoms with Crippen LogP contribution in [0.25, 0.3) is 10.1 Å². The summed E-state index contributed by atoms with van der Waals surface area (Å²) in [4.78, 5) is 12.7. The summed E-state index contributed by atoms with van der Waals surface area (Å²) in [7, 11) is 0. The molecule has 0 spiro atoms. The lowest BCUT2D eigenvalue weighted by Crippen LogP contribution is -2.31. The van der Waals surface area contributed by atoms with Gasteiger partial charge in [0.1, 0.15) is 4.88 Å². The third kappa shape index (κ3) is 2.52. The maximum atomic E-state index is 12.1. The van der Waals surface area contributed by atoms with Gasteiger partial charge in [-0.1, -0.05) is 30.7 Å². The van der Waals surface area contributed by atoms with Crippen LogP contribution in [0.1, 0.15) is 35.5 Å². The highest BCUT2D eigenvalue weighted by Gasteiger charge is 2.17. The maximum Gasteiger partial charge on any atom is 0.263 e. The van der Waals surface area contributed by atoms with Gasteiger partial charge in [-0.05, 0) is 31.9 Å². The van der Waals surface area contributed by atoms with Crippen molar-refractivity contribution >= 4 is 38.9 Å². The van der Waals surface area contributed by atoms with Crippen LogP contribution in [0.15, 0.2) is 18.2 Å². The fourth-order valence-electron chi connectivity index (χ4n) is 1.71. The van der Waals surface area contributed by atoms with Crippen LogP contribution in [0.5, 0.6) is 0 Å². The lowest BCUT2D eigenvalue weighted by molar-refractivity contribution is 0.0943. The fourth-order valence-corrected chi connectivity index (χ4v) is 3.23. The first-order chi connectivity index (χ1) is 8.52. The number of thiophene rings is 1. The molecule has 1 unspecified atom stereocenters. The lowest BCUT2D eigenvalue weighted by atomic mass is 10.2. The molecule has 2 rings (SSSR count). The predicted molar refractivity (Wildman–Crippen MR) is 78.8 cm³/mol. The number of carbonyl (C=O) groups excluding carboxylic acids is 1. The van der Waals surface area contributed by atoms with E-state index in [2.05, 4.69) is 11.4 Å². The molecule has 96 valence electrons. The number of halogens is 1. The zero-order valence-electron chi connectivity index (χ0n) is 10.7. The summed E-state index contributed by atoms with van der Waals surface area (Å²) in [6, 6.07) is 6.22. The molecule has 0 aliphatic rings. The number of rotatable bonds is 3. The number of hydrogen-bond donors (Lipinski definition) is 1. The Morgan fingerprint density at radius 1 is 1.50 bits per heavy atom. The van der Waals surface area contributed by atoms with Gasteiger partial charge in [-0.15, -0.1) is 11.3 Å². The van der Waals surface area contributed by atoms with Crippen LogP contribution < -0.4 is 5.32 Å². The molecule has 2 nitrogen and oxygen atoms in total. The first-order valence-corrected chi connectivity index (χ1v) is 7.22. The molecule has 0 saturated heterocycles. The van der Waals surface area contributed by atoms with Crippen molar-refractivity contribution in [1.29, 1.82) is 0 Å². The van der Waals surface area contributed by atoms with Crippen LogP contribution in [-0.4, -0.2) is 11.9 Å². The quantitative estimate of drug-likeness (QED) is 0.888. The van der Waals surface area contributed by atoms with Gasteiger partial charge in [-0.25, -0.2) is 0 Å². The van der Waals surface area contributed by atoms with Crippen molar-refractivity contribution < 1.29 is 4.79 Å². The Morgan fingerprint density at radius 2 is 2.22 bits per heavy atom. The largest absolute Gasteiger partial charge is 0.349 e. The van der Waals surface area contributed by atoms with E-state index in [4.69, 9.17) is 11.6 Å². The average molecular weight is 282 g/mol. The number of carbonyl (C=O) groups is 1. The molecule has 0 aliphatic carbocycles. The van der Waals surface area contributed by atoms with Gasteiger partial charge in [0.2, 0.25) is 0 Å². The second kappa shape index (κ2) is 5.29. The first-order valence-electron chi connectivity index (χ1n) is 6.02. The maximum absolute atomic E-state index is 12.1. The molecule has 2 aromatic rings. The smallest absolute Gasteiger partial charge is 0.263 e. The van der Waals surface area contributed by atoms with E-state index in [0.29, 0.717) is 9.90 Å². The Hall–Kier alpha value is -1.06. The molecular formula is C14H16ClNOS. The minimum absolute atomic E-state index is 0.0757. The predicted octanol–water partition coefficient (Wildman–Crippen LogP) is 4.39. The van der Waals surface area contributed by atoms with Gasteiger partial charge in [0.25, 0.3) is 5.91 Å². The normalized spacial score (nSPS) is 12.7. The summed E-state index contributed by atoms with van der Waals surface area (Å²) in [6.07, 6.45) is 0.910. The van der Waals surface area contributed by atoms with E-state index in [0.717, 1.165) is 16.5 Å². The second-order valence-electron chi connectivity index (χ2n) is 4.53. The van der Waals surface area contributed by atoms with Crippen molar-refractivity contribution in [2.75, 3.05) is 0 Å². The molecular weight excluding hydrogens is 266 g/mol. The van der Waals surface area contributed by atoms with Gasteiger partial charge in [-0.2, -0.15) is 0 Å². The van der Waals surface area contributed by atoms with Crippen LogP contribution in [-0.2, 0) is 0 Å². The number of amides is 1. The van der Waals surface area contributed by atoms with Crippen LogP contribution in [0.2, 0.25) is 5.02 Å². The Morgan fingerprint density at radius 3 is 2.89 bits per heavy atom. The van der Waals surface area contributed by atoms with Gasteiger partial charge in [0.15, 0.2) is 0 Å². The molecule has 1 heterocycles. The molecule has 0 aliphatic heterocycles. The summed E-state index contributed by atoms with van der Waals surface area (Å²) in [5.41, 5.74) is 1.18. The number of nitrogens with one attached hydrogen (secondary N) is 1. The molecule has 1 N–H and O–H groups in total. The number of benzene rings is 1. The SMILES string of the molecule is CCC(C)NC(=O)c1sc2cc(C)ccc2c1Cl. The standard InChI is InChI=1S/C14H16ClNOS/c1-4-9(3)16-14(17)13-12(15)10-6-5-8(2)7-11(10)18-13/h5-7,9H,4H2,1-3H3,(H,16,17). The topological polar surface area (TPSA) is 29.1 Å². The Labute approximate surface area is 116 Å². The van der Waals surface area contributed by atoms with Gasteiger partial charge < -0.3 is 5.32 Å². The van der Waals surface area contributed by atoms with Gasteiger partial charge in [-0.3, -0.25) is 4.79 Å². The van der Waals surface area contributed by atoms with E-state index in [-0.39, 0.29) is 11.9 Å². The molecule has 0 bridgehead atoms. The molecule has 18 heavy (non-hydrogen) atoms. The zero-order chi connectivity index (χ0) is 13.3. The van der Waals surface area contributed by atoms with Gasteiger partial charge in [0, 0.05) is 16.1 Å². The molecule has 4 heteroatoms. The number of hydrogen-bond acceptors (Lipinski definition) is 2. The van der Waals surface area contributed by atoms with E-state index in [1.165, 1.54) is 16.9 Å². The highest BCUT2D eigenvalue weighted by molar-refractivity contribution is 7.21. The Bertz CT molecular complexity index is 591. The lowest BCUT2D eigenvalue weighted by Gasteiger charge is -2.10. The zero-order valence-corrected chi connectivity index (χ0v) is 12.3. The summed E-state index contributed by atoms with van der Waals surface area (Å²) in [6.45, 7) is 6.07. The van der Waals surface area contributed by atoms with E-state index >= 15 is 0 Å². The van der Waals surface area contributed by atoms with E-state index in [9.17, 15) is 4.79 Å². The van der Waals surface area contributed by atoms with Crippen LogP contribution in [0, 0.1) is 6.92 Å². The van der Waals surface area contributed by atoms with Gasteiger partial charge >= 0.3 is 0 Å². The highest BCUT2D eigenvalue weighted by Crippen LogP contribution is 2.35.